The molecule has 0 radical (unpaired) electrons. The number of hydrogen-bond acceptors (Lipinski definition) is 3. The van der Waals surface area contributed by atoms with Crippen LogP contribution in [0.15, 0.2) is 22.7 Å². The number of likely N-dealkylation sites (tertiary alicyclic amines) is 1. The lowest BCUT2D eigenvalue weighted by Gasteiger charge is -2.34. The fraction of sp³-hybridized carbons (Fsp3) is 0.455. The van der Waals surface area contributed by atoms with Gasteiger partial charge in [0.15, 0.2) is 0 Å². The molecule has 1 aliphatic heterocycles. The minimum absolute atomic E-state index is 0.0250. The summed E-state index contributed by atoms with van der Waals surface area (Å²) < 4.78 is 5.26. The number of nitrogens with one attached hydrogen (secondary N) is 1. The van der Waals surface area contributed by atoms with E-state index >= 15 is 0 Å². The summed E-state index contributed by atoms with van der Waals surface area (Å²) in [5.41, 5.74) is 6.66. The number of amides is 1. The molecule has 27 heavy (non-hydrogen) atoms. The van der Waals surface area contributed by atoms with Crippen molar-refractivity contribution >= 4 is 16.8 Å². The maximum atomic E-state index is 13.3. The number of aromatic nitrogens is 2. The van der Waals surface area contributed by atoms with Crippen molar-refractivity contribution in [2.24, 2.45) is 0 Å². The molecule has 4 rings (SSSR count). The molecule has 1 aromatic carbocycles. The molecule has 1 amide bonds. The summed E-state index contributed by atoms with van der Waals surface area (Å²) in [5, 5.41) is 5.39. The summed E-state index contributed by atoms with van der Waals surface area (Å²) in [4.78, 5) is 18.8. The van der Waals surface area contributed by atoms with Crippen molar-refractivity contribution in [2.75, 3.05) is 6.54 Å². The van der Waals surface area contributed by atoms with E-state index in [0.717, 1.165) is 54.0 Å². The normalized spacial score (nSPS) is 17.6. The molecule has 2 aromatic heterocycles. The van der Waals surface area contributed by atoms with Gasteiger partial charge < -0.3 is 14.4 Å². The predicted octanol–water partition coefficient (Wildman–Crippen LogP) is 4.69. The van der Waals surface area contributed by atoms with Crippen molar-refractivity contribution in [3.05, 3.63) is 52.0 Å². The van der Waals surface area contributed by atoms with Crippen molar-refractivity contribution in [1.29, 1.82) is 0 Å². The molecule has 3 heterocycles. The highest BCUT2D eigenvalue weighted by atomic mass is 16.5. The topological polar surface area (TPSA) is 62.1 Å². The Hall–Kier alpha value is -2.56. The van der Waals surface area contributed by atoms with E-state index in [-0.39, 0.29) is 11.9 Å². The zero-order valence-electron chi connectivity index (χ0n) is 16.6. The number of carbonyl (C=O) groups excluding carboxylic acids is 1. The van der Waals surface area contributed by atoms with Gasteiger partial charge in [0.2, 0.25) is 5.91 Å². The molecular weight excluding hydrogens is 338 g/mol. The molecule has 1 atom stereocenters. The average molecular weight is 365 g/mol. The number of nitrogens with zero attached hydrogens (tertiary/aromatic N) is 2. The number of H-pyrrole nitrogens is 1. The highest BCUT2D eigenvalue weighted by molar-refractivity contribution is 5.94. The van der Waals surface area contributed by atoms with Gasteiger partial charge in [-0.05, 0) is 63.6 Å². The third kappa shape index (κ3) is 3.15. The van der Waals surface area contributed by atoms with E-state index in [2.05, 4.69) is 43.0 Å². The molecule has 0 aliphatic carbocycles. The molecule has 1 saturated heterocycles. The minimum atomic E-state index is 0.0250. The zero-order valence-corrected chi connectivity index (χ0v) is 16.6. The van der Waals surface area contributed by atoms with E-state index in [1.54, 1.807) is 0 Å². The molecule has 1 aliphatic rings. The Morgan fingerprint density at radius 2 is 2.00 bits per heavy atom. The first-order valence-corrected chi connectivity index (χ1v) is 9.75. The minimum Gasteiger partial charge on any atom is -0.361 e. The van der Waals surface area contributed by atoms with E-state index in [1.807, 2.05) is 17.9 Å². The highest BCUT2D eigenvalue weighted by Gasteiger charge is 2.31. The first-order chi connectivity index (χ1) is 13.0. The van der Waals surface area contributed by atoms with Gasteiger partial charge in [-0.15, -0.1) is 0 Å². The number of fused-ring (bicyclic) bond motifs is 1. The predicted molar refractivity (Wildman–Crippen MR) is 106 cm³/mol. The van der Waals surface area contributed by atoms with Crippen LogP contribution in [0.3, 0.4) is 0 Å². The van der Waals surface area contributed by atoms with E-state index in [9.17, 15) is 4.79 Å². The lowest BCUT2D eigenvalue weighted by Crippen LogP contribution is -2.39. The van der Waals surface area contributed by atoms with Gasteiger partial charge in [-0.2, -0.15) is 0 Å². The second kappa shape index (κ2) is 6.87. The van der Waals surface area contributed by atoms with Crippen molar-refractivity contribution in [1.82, 2.24) is 15.0 Å². The summed E-state index contributed by atoms with van der Waals surface area (Å²) in [7, 11) is 0. The summed E-state index contributed by atoms with van der Waals surface area (Å²) in [6.45, 7) is 8.97. The average Bonchev–Trinajstić information content (AvgIpc) is 3.23. The van der Waals surface area contributed by atoms with Crippen LogP contribution in [0.5, 0.6) is 0 Å². The van der Waals surface area contributed by atoms with Gasteiger partial charge in [0.25, 0.3) is 0 Å². The number of aryl methyl sites for hydroxylation is 4. The molecule has 0 saturated carbocycles. The number of hydrogen-bond donors (Lipinski definition) is 1. The van der Waals surface area contributed by atoms with Crippen LogP contribution in [0.1, 0.15) is 59.1 Å². The van der Waals surface area contributed by atoms with Crippen LogP contribution in [0.2, 0.25) is 0 Å². The molecule has 142 valence electrons. The molecule has 1 N–H and O–H groups in total. The Morgan fingerprint density at radius 3 is 2.74 bits per heavy atom. The SMILES string of the molecule is Cc1cc(C2CCCCN2C(=O)Cc2c(C)[nH]c3c(C)ccc(C)c23)no1. The van der Waals surface area contributed by atoms with Gasteiger partial charge >= 0.3 is 0 Å². The van der Waals surface area contributed by atoms with Crippen LogP contribution in [0.4, 0.5) is 0 Å². The number of carbonyl (C=O) groups is 1. The fourth-order valence-corrected chi connectivity index (χ4v) is 4.37. The lowest BCUT2D eigenvalue weighted by atomic mass is 9.96. The van der Waals surface area contributed by atoms with E-state index in [4.69, 9.17) is 4.52 Å². The third-order valence-electron chi connectivity index (χ3n) is 5.83. The van der Waals surface area contributed by atoms with E-state index in [1.165, 1.54) is 16.5 Å². The van der Waals surface area contributed by atoms with Crippen LogP contribution in [-0.4, -0.2) is 27.5 Å². The highest BCUT2D eigenvalue weighted by Crippen LogP contribution is 2.33. The smallest absolute Gasteiger partial charge is 0.227 e. The summed E-state index contributed by atoms with van der Waals surface area (Å²) in [6, 6.07) is 6.26. The van der Waals surface area contributed by atoms with Gasteiger partial charge in [0.05, 0.1) is 12.5 Å². The molecule has 1 unspecified atom stereocenters. The molecule has 0 spiro atoms. The molecule has 5 heteroatoms. The number of benzene rings is 1. The first-order valence-electron chi connectivity index (χ1n) is 9.75. The summed E-state index contributed by atoms with van der Waals surface area (Å²) in [6.07, 6.45) is 3.53. The van der Waals surface area contributed by atoms with E-state index in [0.29, 0.717) is 6.42 Å². The Bertz CT molecular complexity index is 999. The summed E-state index contributed by atoms with van der Waals surface area (Å²) in [5.74, 6) is 0.965. The van der Waals surface area contributed by atoms with E-state index < -0.39 is 0 Å². The van der Waals surface area contributed by atoms with Crippen LogP contribution in [-0.2, 0) is 11.2 Å². The third-order valence-corrected chi connectivity index (χ3v) is 5.83. The maximum Gasteiger partial charge on any atom is 0.227 e. The second-order valence-electron chi connectivity index (χ2n) is 7.82. The van der Waals surface area contributed by atoms with Crippen molar-refractivity contribution in [3.8, 4) is 0 Å². The van der Waals surface area contributed by atoms with Crippen LogP contribution in [0, 0.1) is 27.7 Å². The van der Waals surface area contributed by atoms with Gasteiger partial charge in [0.1, 0.15) is 11.5 Å². The largest absolute Gasteiger partial charge is 0.361 e. The second-order valence-corrected chi connectivity index (χ2v) is 7.82. The maximum absolute atomic E-state index is 13.3. The Labute approximate surface area is 159 Å². The van der Waals surface area contributed by atoms with Gasteiger partial charge in [-0.25, -0.2) is 0 Å². The van der Waals surface area contributed by atoms with Crippen molar-refractivity contribution in [2.45, 2.75) is 59.4 Å². The number of piperidine rings is 1. The van der Waals surface area contributed by atoms with Gasteiger partial charge in [-0.1, -0.05) is 17.3 Å². The zero-order chi connectivity index (χ0) is 19.1. The number of aromatic amines is 1. The van der Waals surface area contributed by atoms with Crippen LogP contribution in [0.25, 0.3) is 10.9 Å². The molecule has 5 nitrogen and oxygen atoms in total. The first kappa shape index (κ1) is 17.8. The molecule has 0 bridgehead atoms. The standard InChI is InChI=1S/C22H27N3O2/c1-13-8-9-14(2)22-21(13)17(16(4)23-22)12-20(26)25-10-6-5-7-19(25)18-11-15(3)27-24-18/h8-9,11,19,23H,5-7,10,12H2,1-4H3. The van der Waals surface area contributed by atoms with Gasteiger partial charge in [-0.3, -0.25) is 4.79 Å². The van der Waals surface area contributed by atoms with Crippen LogP contribution >= 0.6 is 0 Å². The number of rotatable bonds is 3. The molecule has 1 fully saturated rings. The van der Waals surface area contributed by atoms with Gasteiger partial charge in [0, 0.05) is 29.2 Å². The molecule has 3 aromatic rings. The summed E-state index contributed by atoms with van der Waals surface area (Å²) >= 11 is 0. The lowest BCUT2D eigenvalue weighted by molar-refractivity contribution is -0.134. The molecular formula is C22H27N3O2. The van der Waals surface area contributed by atoms with Crippen molar-refractivity contribution in [3.63, 3.8) is 0 Å². The fourth-order valence-electron chi connectivity index (χ4n) is 4.37. The quantitative estimate of drug-likeness (QED) is 0.733. The Balaban J connectivity index is 1.66. The van der Waals surface area contributed by atoms with Crippen LogP contribution < -0.4 is 0 Å². The monoisotopic (exact) mass is 365 g/mol. The Morgan fingerprint density at radius 1 is 1.22 bits per heavy atom. The van der Waals surface area contributed by atoms with Crippen molar-refractivity contribution < 1.29 is 9.32 Å². The Kier molecular flexibility index (Phi) is 4.54.